The molecule has 19 heavy (non-hydrogen) atoms. The summed E-state index contributed by atoms with van der Waals surface area (Å²) in [6.45, 7) is 3.44. The SMILES string of the molecule is O=C(CCNCc1ccncc1)N1CCCCCC1. The second-order valence-electron chi connectivity index (χ2n) is 5.08. The molecule has 0 bridgehead atoms. The van der Waals surface area contributed by atoms with Crippen molar-refractivity contribution in [3.8, 4) is 0 Å². The molecular formula is C15H23N3O. The van der Waals surface area contributed by atoms with E-state index in [1.807, 2.05) is 17.0 Å². The predicted octanol–water partition coefficient (Wildman–Crippen LogP) is 1.96. The molecule has 0 atom stereocenters. The zero-order valence-corrected chi connectivity index (χ0v) is 11.5. The summed E-state index contributed by atoms with van der Waals surface area (Å²) in [5, 5.41) is 3.31. The summed E-state index contributed by atoms with van der Waals surface area (Å²) in [7, 11) is 0. The molecule has 0 aliphatic carbocycles. The molecule has 0 unspecified atom stereocenters. The van der Waals surface area contributed by atoms with Crippen molar-refractivity contribution in [1.29, 1.82) is 0 Å². The van der Waals surface area contributed by atoms with E-state index in [9.17, 15) is 4.79 Å². The minimum Gasteiger partial charge on any atom is -0.343 e. The summed E-state index contributed by atoms with van der Waals surface area (Å²) in [5.41, 5.74) is 1.21. The number of hydrogen-bond acceptors (Lipinski definition) is 3. The van der Waals surface area contributed by atoms with Gasteiger partial charge in [-0.25, -0.2) is 0 Å². The molecule has 1 aliphatic rings. The lowest BCUT2D eigenvalue weighted by atomic mass is 10.2. The molecule has 0 saturated carbocycles. The van der Waals surface area contributed by atoms with Gasteiger partial charge in [0.2, 0.25) is 5.91 Å². The highest BCUT2D eigenvalue weighted by Gasteiger charge is 2.14. The van der Waals surface area contributed by atoms with Crippen molar-refractivity contribution >= 4 is 5.91 Å². The van der Waals surface area contributed by atoms with Gasteiger partial charge in [-0.1, -0.05) is 12.8 Å². The van der Waals surface area contributed by atoms with Crippen LogP contribution in [-0.2, 0) is 11.3 Å². The Bertz CT molecular complexity index is 372. The molecular weight excluding hydrogens is 238 g/mol. The molecule has 4 heteroatoms. The number of amides is 1. The van der Waals surface area contributed by atoms with Gasteiger partial charge in [0.05, 0.1) is 0 Å². The molecule has 1 aromatic rings. The van der Waals surface area contributed by atoms with Crippen LogP contribution in [0.15, 0.2) is 24.5 Å². The van der Waals surface area contributed by atoms with Gasteiger partial charge in [0.15, 0.2) is 0 Å². The van der Waals surface area contributed by atoms with Gasteiger partial charge >= 0.3 is 0 Å². The molecule has 1 aliphatic heterocycles. The van der Waals surface area contributed by atoms with Gasteiger partial charge in [0, 0.05) is 45.0 Å². The average molecular weight is 261 g/mol. The molecule has 0 aromatic carbocycles. The van der Waals surface area contributed by atoms with Gasteiger partial charge in [-0.2, -0.15) is 0 Å². The summed E-state index contributed by atoms with van der Waals surface area (Å²) in [4.78, 5) is 18.1. The number of aromatic nitrogens is 1. The van der Waals surface area contributed by atoms with Crippen LogP contribution in [0.3, 0.4) is 0 Å². The van der Waals surface area contributed by atoms with E-state index in [-0.39, 0.29) is 0 Å². The quantitative estimate of drug-likeness (QED) is 0.824. The van der Waals surface area contributed by atoms with Crippen LogP contribution in [0.1, 0.15) is 37.7 Å². The van der Waals surface area contributed by atoms with Crippen molar-refractivity contribution in [2.24, 2.45) is 0 Å². The van der Waals surface area contributed by atoms with Gasteiger partial charge in [-0.3, -0.25) is 9.78 Å². The molecule has 0 spiro atoms. The van der Waals surface area contributed by atoms with Crippen LogP contribution in [0.4, 0.5) is 0 Å². The van der Waals surface area contributed by atoms with Crippen molar-refractivity contribution in [2.45, 2.75) is 38.6 Å². The number of pyridine rings is 1. The van der Waals surface area contributed by atoms with E-state index in [0.717, 1.165) is 39.0 Å². The third-order valence-electron chi connectivity index (χ3n) is 3.55. The van der Waals surface area contributed by atoms with Crippen molar-refractivity contribution < 1.29 is 4.79 Å². The number of carbonyl (C=O) groups is 1. The Morgan fingerprint density at radius 3 is 2.53 bits per heavy atom. The van der Waals surface area contributed by atoms with Crippen LogP contribution in [-0.4, -0.2) is 35.4 Å². The second kappa shape index (κ2) is 7.89. The number of likely N-dealkylation sites (tertiary alicyclic amines) is 1. The Morgan fingerprint density at radius 1 is 1.16 bits per heavy atom. The van der Waals surface area contributed by atoms with Crippen LogP contribution in [0, 0.1) is 0 Å². The molecule has 4 nitrogen and oxygen atoms in total. The Labute approximate surface area is 115 Å². The lowest BCUT2D eigenvalue weighted by molar-refractivity contribution is -0.131. The fourth-order valence-electron chi connectivity index (χ4n) is 2.41. The first-order chi connectivity index (χ1) is 9.36. The third kappa shape index (κ3) is 4.99. The Morgan fingerprint density at radius 2 is 1.84 bits per heavy atom. The lowest BCUT2D eigenvalue weighted by Crippen LogP contribution is -2.33. The van der Waals surface area contributed by atoms with E-state index in [4.69, 9.17) is 0 Å². The summed E-state index contributed by atoms with van der Waals surface area (Å²) < 4.78 is 0. The zero-order chi connectivity index (χ0) is 13.3. The maximum Gasteiger partial charge on any atom is 0.223 e. The Balaban J connectivity index is 1.63. The van der Waals surface area contributed by atoms with E-state index in [2.05, 4.69) is 10.3 Å². The number of nitrogens with one attached hydrogen (secondary N) is 1. The molecule has 1 N–H and O–H groups in total. The smallest absolute Gasteiger partial charge is 0.223 e. The molecule has 2 heterocycles. The summed E-state index contributed by atoms with van der Waals surface area (Å²) >= 11 is 0. The standard InChI is InChI=1S/C15H23N3O/c19-15(18-11-3-1-2-4-12-18)7-10-17-13-14-5-8-16-9-6-14/h5-6,8-9,17H,1-4,7,10-13H2. The van der Waals surface area contributed by atoms with Crippen molar-refractivity contribution in [2.75, 3.05) is 19.6 Å². The van der Waals surface area contributed by atoms with E-state index >= 15 is 0 Å². The third-order valence-corrected chi connectivity index (χ3v) is 3.55. The summed E-state index contributed by atoms with van der Waals surface area (Å²) in [6.07, 6.45) is 9.05. The van der Waals surface area contributed by atoms with Crippen molar-refractivity contribution in [3.63, 3.8) is 0 Å². The molecule has 1 saturated heterocycles. The molecule has 2 rings (SSSR count). The monoisotopic (exact) mass is 261 g/mol. The van der Waals surface area contributed by atoms with Gasteiger partial charge in [0.25, 0.3) is 0 Å². The molecule has 0 radical (unpaired) electrons. The first-order valence-corrected chi connectivity index (χ1v) is 7.23. The molecule has 104 valence electrons. The van der Waals surface area contributed by atoms with Crippen molar-refractivity contribution in [3.05, 3.63) is 30.1 Å². The fourth-order valence-corrected chi connectivity index (χ4v) is 2.41. The van der Waals surface area contributed by atoms with Gasteiger partial charge in [-0.15, -0.1) is 0 Å². The molecule has 1 aromatic heterocycles. The molecule has 1 fully saturated rings. The van der Waals surface area contributed by atoms with E-state index in [0.29, 0.717) is 12.3 Å². The van der Waals surface area contributed by atoms with Crippen LogP contribution < -0.4 is 5.32 Å². The minimum atomic E-state index is 0.295. The van der Waals surface area contributed by atoms with Crippen LogP contribution in [0.25, 0.3) is 0 Å². The van der Waals surface area contributed by atoms with Gasteiger partial charge in [-0.05, 0) is 30.5 Å². The van der Waals surface area contributed by atoms with Crippen LogP contribution in [0.5, 0.6) is 0 Å². The second-order valence-corrected chi connectivity index (χ2v) is 5.08. The normalized spacial score (nSPS) is 16.1. The zero-order valence-electron chi connectivity index (χ0n) is 11.5. The van der Waals surface area contributed by atoms with Crippen LogP contribution in [0.2, 0.25) is 0 Å². The van der Waals surface area contributed by atoms with Gasteiger partial charge < -0.3 is 10.2 Å². The molecule has 1 amide bonds. The van der Waals surface area contributed by atoms with Crippen molar-refractivity contribution in [1.82, 2.24) is 15.2 Å². The Kier molecular flexibility index (Phi) is 5.82. The topological polar surface area (TPSA) is 45.2 Å². The fraction of sp³-hybridized carbons (Fsp3) is 0.600. The first-order valence-electron chi connectivity index (χ1n) is 7.23. The average Bonchev–Trinajstić information content (AvgIpc) is 2.73. The Hall–Kier alpha value is -1.42. The lowest BCUT2D eigenvalue weighted by Gasteiger charge is -2.20. The highest BCUT2D eigenvalue weighted by Crippen LogP contribution is 2.10. The summed E-state index contributed by atoms with van der Waals surface area (Å²) in [5.74, 6) is 0.295. The highest BCUT2D eigenvalue weighted by molar-refractivity contribution is 5.76. The maximum atomic E-state index is 12.0. The largest absolute Gasteiger partial charge is 0.343 e. The number of nitrogens with zero attached hydrogens (tertiary/aromatic N) is 2. The van der Waals surface area contributed by atoms with E-state index in [1.165, 1.54) is 18.4 Å². The predicted molar refractivity (Wildman–Crippen MR) is 75.6 cm³/mol. The number of rotatable bonds is 5. The van der Waals surface area contributed by atoms with E-state index in [1.54, 1.807) is 12.4 Å². The highest BCUT2D eigenvalue weighted by atomic mass is 16.2. The maximum absolute atomic E-state index is 12.0. The number of hydrogen-bond donors (Lipinski definition) is 1. The summed E-state index contributed by atoms with van der Waals surface area (Å²) in [6, 6.07) is 3.98. The first kappa shape index (κ1) is 14.0. The van der Waals surface area contributed by atoms with Gasteiger partial charge in [0.1, 0.15) is 0 Å². The van der Waals surface area contributed by atoms with Crippen LogP contribution >= 0.6 is 0 Å². The number of carbonyl (C=O) groups excluding carboxylic acids is 1. The minimum absolute atomic E-state index is 0.295. The van der Waals surface area contributed by atoms with E-state index < -0.39 is 0 Å².